The maximum absolute atomic E-state index is 6.53. The lowest BCUT2D eigenvalue weighted by Gasteiger charge is -2.29. The largest absolute Gasteiger partial charge is 0.362 e. The molecule has 0 unspecified atom stereocenters. The van der Waals surface area contributed by atoms with E-state index in [9.17, 15) is 0 Å². The first-order valence-electron chi connectivity index (χ1n) is 9.32. The van der Waals surface area contributed by atoms with Gasteiger partial charge in [0.1, 0.15) is 12.2 Å². The molecule has 2 fully saturated rings. The van der Waals surface area contributed by atoms with Gasteiger partial charge in [0.2, 0.25) is 0 Å². The molecule has 0 N–H and O–H groups in total. The molecule has 0 radical (unpaired) electrons. The average Bonchev–Trinajstić information content (AvgIpc) is 3.38. The van der Waals surface area contributed by atoms with Gasteiger partial charge in [-0.15, -0.1) is 0 Å². The van der Waals surface area contributed by atoms with E-state index < -0.39 is 0 Å². The first-order chi connectivity index (χ1) is 13.3. The Bertz CT molecular complexity index is 991. The average molecular weight is 376 g/mol. The van der Waals surface area contributed by atoms with Crippen molar-refractivity contribution >= 4 is 17.3 Å². The Morgan fingerprint density at radius 2 is 1.41 bits per heavy atom. The zero-order chi connectivity index (χ0) is 18.0. The van der Waals surface area contributed by atoms with Gasteiger partial charge in [-0.1, -0.05) is 66.2 Å². The highest BCUT2D eigenvalue weighted by atomic mass is 35.5. The van der Waals surface area contributed by atoms with Crippen molar-refractivity contribution in [3.05, 3.63) is 101 Å². The molecule has 3 nitrogen and oxygen atoms in total. The summed E-state index contributed by atoms with van der Waals surface area (Å²) >= 11 is 6.14. The molecular weight excluding hydrogens is 358 g/mol. The molecule has 2 bridgehead atoms. The quantitative estimate of drug-likeness (QED) is 0.578. The lowest BCUT2D eigenvalue weighted by atomic mass is 9.77. The molecule has 0 spiro atoms. The van der Waals surface area contributed by atoms with Crippen LogP contribution in [0.25, 0.3) is 0 Å². The third-order valence-corrected chi connectivity index (χ3v) is 6.26. The van der Waals surface area contributed by atoms with E-state index >= 15 is 0 Å². The van der Waals surface area contributed by atoms with E-state index in [1.54, 1.807) is 0 Å². The molecule has 5 atom stereocenters. The van der Waals surface area contributed by atoms with E-state index in [1.165, 1.54) is 16.7 Å². The molecule has 2 saturated heterocycles. The topological polar surface area (TPSA) is 21.7 Å². The Morgan fingerprint density at radius 1 is 0.741 bits per heavy atom. The first-order valence-corrected chi connectivity index (χ1v) is 9.70. The van der Waals surface area contributed by atoms with Gasteiger partial charge < -0.3 is 4.74 Å². The molecule has 27 heavy (non-hydrogen) atoms. The minimum Gasteiger partial charge on any atom is -0.362 e. The van der Waals surface area contributed by atoms with Gasteiger partial charge in [0.15, 0.2) is 0 Å². The smallest absolute Gasteiger partial charge is 0.124 e. The lowest BCUT2D eigenvalue weighted by Crippen LogP contribution is -2.27. The van der Waals surface area contributed by atoms with E-state index in [0.29, 0.717) is 0 Å². The number of fused-ring (bicyclic) bond motifs is 8. The normalized spacial score (nSPS) is 30.4. The monoisotopic (exact) mass is 375 g/mol. The molecule has 6 rings (SSSR count). The van der Waals surface area contributed by atoms with Crippen LogP contribution in [0.15, 0.2) is 78.9 Å². The van der Waals surface area contributed by atoms with Crippen LogP contribution in [-0.2, 0) is 9.57 Å². The molecule has 3 heterocycles. The molecule has 0 saturated carbocycles. The fourth-order valence-electron chi connectivity index (χ4n) is 4.90. The number of para-hydroxylation sites is 1. The zero-order valence-electron chi connectivity index (χ0n) is 14.5. The van der Waals surface area contributed by atoms with Crippen molar-refractivity contribution in [3.63, 3.8) is 0 Å². The molecule has 3 aliphatic heterocycles. The number of nitrogens with zero attached hydrogens (tertiary/aromatic N) is 1. The second-order valence-electron chi connectivity index (χ2n) is 7.41. The van der Waals surface area contributed by atoms with Crippen LogP contribution in [0, 0.1) is 5.92 Å². The maximum atomic E-state index is 6.53. The predicted molar refractivity (Wildman–Crippen MR) is 104 cm³/mol. The van der Waals surface area contributed by atoms with Gasteiger partial charge in [-0.2, -0.15) is 0 Å². The number of rotatable bonds is 2. The Balaban J connectivity index is 1.48. The third-order valence-electron chi connectivity index (χ3n) is 6.00. The summed E-state index contributed by atoms with van der Waals surface area (Å²) in [6, 6.07) is 27.1. The van der Waals surface area contributed by atoms with Crippen LogP contribution in [0.5, 0.6) is 0 Å². The number of hydrogen-bond acceptors (Lipinski definition) is 3. The van der Waals surface area contributed by atoms with Crippen molar-refractivity contribution < 1.29 is 9.57 Å². The summed E-state index contributed by atoms with van der Waals surface area (Å²) in [6.45, 7) is 0. The fraction of sp³-hybridized carbons (Fsp3) is 0.217. The summed E-state index contributed by atoms with van der Waals surface area (Å²) in [5.41, 5.74) is 4.84. The van der Waals surface area contributed by atoms with Gasteiger partial charge in [0.25, 0.3) is 0 Å². The summed E-state index contributed by atoms with van der Waals surface area (Å²) in [7, 11) is 0. The van der Waals surface area contributed by atoms with Crippen molar-refractivity contribution in [2.24, 2.45) is 5.92 Å². The second kappa shape index (κ2) is 5.83. The molecule has 3 aromatic carbocycles. The number of benzene rings is 3. The van der Waals surface area contributed by atoms with Crippen LogP contribution in [-0.4, -0.2) is 6.10 Å². The van der Waals surface area contributed by atoms with E-state index in [4.69, 9.17) is 21.2 Å². The van der Waals surface area contributed by atoms with Crippen LogP contribution in [0.1, 0.15) is 34.9 Å². The van der Waals surface area contributed by atoms with E-state index in [-0.39, 0.29) is 30.3 Å². The minimum absolute atomic E-state index is 0.000266. The summed E-state index contributed by atoms with van der Waals surface area (Å²) < 4.78 is 6.39. The van der Waals surface area contributed by atoms with Crippen molar-refractivity contribution in [1.29, 1.82) is 0 Å². The Labute approximate surface area is 163 Å². The molecular formula is C23H18ClNO2. The first kappa shape index (κ1) is 15.7. The summed E-state index contributed by atoms with van der Waals surface area (Å²) in [5, 5.41) is 2.82. The van der Waals surface area contributed by atoms with Crippen molar-refractivity contribution in [3.8, 4) is 0 Å². The summed E-state index contributed by atoms with van der Waals surface area (Å²) in [4.78, 5) is 6.53. The van der Waals surface area contributed by atoms with Crippen LogP contribution >= 0.6 is 11.6 Å². The zero-order valence-corrected chi connectivity index (χ0v) is 15.3. The highest BCUT2D eigenvalue weighted by Crippen LogP contribution is 2.63. The number of halogens is 1. The van der Waals surface area contributed by atoms with Crippen LogP contribution < -0.4 is 5.06 Å². The van der Waals surface area contributed by atoms with Crippen molar-refractivity contribution in [1.82, 2.24) is 0 Å². The molecule has 0 amide bonds. The lowest BCUT2D eigenvalue weighted by molar-refractivity contribution is -0.0148. The Morgan fingerprint density at radius 3 is 2.15 bits per heavy atom. The van der Waals surface area contributed by atoms with Gasteiger partial charge in [0, 0.05) is 10.9 Å². The standard InChI is InChI=1S/C23H18ClNO2/c24-15-12-10-14(11-13-15)20-19-21-17-8-4-5-9-18(17)22(26-21)23(19)27-25(20)16-6-2-1-3-7-16/h1-13,19-23H/t19-,20+,21-,22+,23-/m1/s1. The molecule has 3 aromatic rings. The number of hydroxylamine groups is 1. The summed E-state index contributed by atoms with van der Waals surface area (Å²) in [6.07, 6.45) is 0.0797. The highest BCUT2D eigenvalue weighted by Gasteiger charge is 2.61. The van der Waals surface area contributed by atoms with E-state index in [2.05, 4.69) is 53.6 Å². The van der Waals surface area contributed by atoms with Gasteiger partial charge >= 0.3 is 0 Å². The highest BCUT2D eigenvalue weighted by molar-refractivity contribution is 6.30. The SMILES string of the molecule is Clc1ccc([C@H]2[C@H]3[C@@H](ON2c2ccccc2)[C@H]2O[C@@H]3c3ccccc32)cc1. The molecule has 4 heteroatoms. The van der Waals surface area contributed by atoms with Crippen molar-refractivity contribution in [2.75, 3.05) is 5.06 Å². The Hall–Kier alpha value is -2.33. The van der Waals surface area contributed by atoms with E-state index in [0.717, 1.165) is 10.7 Å². The fourth-order valence-corrected chi connectivity index (χ4v) is 5.02. The number of ether oxygens (including phenoxy) is 1. The number of anilines is 1. The minimum atomic E-state index is -0.000266. The van der Waals surface area contributed by atoms with Gasteiger partial charge in [-0.25, -0.2) is 5.06 Å². The van der Waals surface area contributed by atoms with E-state index in [1.807, 2.05) is 30.3 Å². The third kappa shape index (κ3) is 2.23. The Kier molecular flexibility index (Phi) is 3.39. The predicted octanol–water partition coefficient (Wildman–Crippen LogP) is 5.64. The summed E-state index contributed by atoms with van der Waals surface area (Å²) in [5.74, 6) is 0.242. The van der Waals surface area contributed by atoms with Crippen LogP contribution in [0.2, 0.25) is 5.02 Å². The number of hydrogen-bond donors (Lipinski definition) is 0. The van der Waals surface area contributed by atoms with Gasteiger partial charge in [0.05, 0.1) is 17.8 Å². The molecule has 0 aromatic heterocycles. The molecule has 134 valence electrons. The van der Waals surface area contributed by atoms with Crippen LogP contribution in [0.4, 0.5) is 5.69 Å². The second-order valence-corrected chi connectivity index (χ2v) is 7.85. The molecule has 3 aliphatic rings. The molecule has 0 aliphatic carbocycles. The van der Waals surface area contributed by atoms with Gasteiger partial charge in [-0.3, -0.25) is 4.84 Å². The van der Waals surface area contributed by atoms with Crippen LogP contribution in [0.3, 0.4) is 0 Å². The maximum Gasteiger partial charge on any atom is 0.124 e. The van der Waals surface area contributed by atoms with Gasteiger partial charge in [-0.05, 0) is 41.0 Å². The van der Waals surface area contributed by atoms with Crippen molar-refractivity contribution in [2.45, 2.75) is 24.4 Å².